The summed E-state index contributed by atoms with van der Waals surface area (Å²) in [6.45, 7) is 1.96. The fraction of sp³-hybridized carbons (Fsp3) is 0.308. The second kappa shape index (κ2) is 6.93. The Balaban J connectivity index is 2.54. The van der Waals surface area contributed by atoms with Crippen molar-refractivity contribution in [2.24, 2.45) is 0 Å². The lowest BCUT2D eigenvalue weighted by Crippen LogP contribution is -2.20. The Kier molecular flexibility index (Phi) is 5.51. The largest absolute Gasteiger partial charge is 0.355 e. The molecule has 0 aliphatic carbocycles. The molecule has 0 saturated carbocycles. The Labute approximate surface area is 105 Å². The first kappa shape index (κ1) is 13.5. The molecule has 0 saturated heterocycles. The van der Waals surface area contributed by atoms with Crippen LogP contribution in [-0.4, -0.2) is 12.5 Å². The number of carbonyl (C=O) groups is 1. The van der Waals surface area contributed by atoms with Crippen molar-refractivity contribution >= 4 is 17.5 Å². The van der Waals surface area contributed by atoms with Crippen molar-refractivity contribution in [2.75, 3.05) is 6.54 Å². The van der Waals surface area contributed by atoms with E-state index in [1.807, 2.05) is 0 Å². The maximum absolute atomic E-state index is 13.3. The highest BCUT2D eigenvalue weighted by Crippen LogP contribution is 2.11. The van der Waals surface area contributed by atoms with Crippen LogP contribution in [0.4, 0.5) is 4.39 Å². The Morgan fingerprint density at radius 3 is 2.88 bits per heavy atom. The molecule has 0 aliphatic rings. The minimum absolute atomic E-state index is 0.0793. The van der Waals surface area contributed by atoms with E-state index in [4.69, 9.17) is 11.6 Å². The van der Waals surface area contributed by atoms with E-state index < -0.39 is 0 Å². The lowest BCUT2D eigenvalue weighted by atomic mass is 10.1. The van der Waals surface area contributed by atoms with Crippen LogP contribution < -0.4 is 5.32 Å². The monoisotopic (exact) mass is 253 g/mol. The maximum Gasteiger partial charge on any atom is 0.216 e. The van der Waals surface area contributed by atoms with E-state index >= 15 is 0 Å². The molecular formula is C13H13ClFNO. The summed E-state index contributed by atoms with van der Waals surface area (Å²) >= 11 is 5.54. The highest BCUT2D eigenvalue weighted by molar-refractivity contribution is 6.17. The number of hydrogen-bond acceptors (Lipinski definition) is 1. The standard InChI is InChI=1S/C13H13ClFNO/c1-10(17)16-7-3-2-4-11-5-6-12(9-14)13(15)8-11/h5-6,8H,3,7,9H2,1H3,(H,16,17). The molecule has 1 N–H and O–H groups in total. The number of alkyl halides is 1. The summed E-state index contributed by atoms with van der Waals surface area (Å²) in [7, 11) is 0. The zero-order valence-electron chi connectivity index (χ0n) is 9.52. The number of benzene rings is 1. The van der Waals surface area contributed by atoms with Crippen LogP contribution in [0.25, 0.3) is 0 Å². The summed E-state index contributed by atoms with van der Waals surface area (Å²) in [6, 6.07) is 4.72. The summed E-state index contributed by atoms with van der Waals surface area (Å²) in [6.07, 6.45) is 0.540. The van der Waals surface area contributed by atoms with Gasteiger partial charge in [0.25, 0.3) is 0 Å². The topological polar surface area (TPSA) is 29.1 Å². The van der Waals surface area contributed by atoms with Gasteiger partial charge in [0.2, 0.25) is 5.91 Å². The van der Waals surface area contributed by atoms with Gasteiger partial charge in [-0.1, -0.05) is 17.9 Å². The van der Waals surface area contributed by atoms with E-state index in [-0.39, 0.29) is 17.6 Å². The summed E-state index contributed by atoms with van der Waals surface area (Å²) in [5, 5.41) is 2.63. The number of rotatable bonds is 3. The molecule has 0 atom stereocenters. The molecule has 1 aromatic rings. The molecule has 0 radical (unpaired) electrons. The highest BCUT2D eigenvalue weighted by atomic mass is 35.5. The summed E-state index contributed by atoms with van der Waals surface area (Å²) in [5.74, 6) is 5.42. The van der Waals surface area contributed by atoms with Gasteiger partial charge in [-0.3, -0.25) is 4.79 Å². The van der Waals surface area contributed by atoms with Gasteiger partial charge < -0.3 is 5.32 Å². The minimum atomic E-state index is -0.339. The van der Waals surface area contributed by atoms with E-state index in [0.717, 1.165) is 0 Å². The number of hydrogen-bond donors (Lipinski definition) is 1. The number of nitrogens with one attached hydrogen (secondary N) is 1. The van der Waals surface area contributed by atoms with Crippen LogP contribution in [-0.2, 0) is 10.7 Å². The highest BCUT2D eigenvalue weighted by Gasteiger charge is 2.00. The first-order valence-electron chi connectivity index (χ1n) is 5.21. The van der Waals surface area contributed by atoms with Crippen molar-refractivity contribution in [2.45, 2.75) is 19.2 Å². The third kappa shape index (κ3) is 4.88. The van der Waals surface area contributed by atoms with Crippen LogP contribution >= 0.6 is 11.6 Å². The van der Waals surface area contributed by atoms with Crippen molar-refractivity contribution in [3.63, 3.8) is 0 Å². The number of carbonyl (C=O) groups excluding carboxylic acids is 1. The Hall–Kier alpha value is -1.53. The SMILES string of the molecule is CC(=O)NCCC#Cc1ccc(CCl)c(F)c1. The van der Waals surface area contributed by atoms with Gasteiger partial charge in [0, 0.05) is 31.0 Å². The van der Waals surface area contributed by atoms with Gasteiger partial charge in [-0.25, -0.2) is 4.39 Å². The molecule has 2 nitrogen and oxygen atoms in total. The maximum atomic E-state index is 13.3. The van der Waals surface area contributed by atoms with Gasteiger partial charge in [0.05, 0.1) is 5.88 Å². The summed E-state index contributed by atoms with van der Waals surface area (Å²) < 4.78 is 13.3. The van der Waals surface area contributed by atoms with Crippen LogP contribution in [0.1, 0.15) is 24.5 Å². The fourth-order valence-electron chi connectivity index (χ4n) is 1.20. The van der Waals surface area contributed by atoms with E-state index in [2.05, 4.69) is 17.2 Å². The number of amides is 1. The van der Waals surface area contributed by atoms with E-state index in [1.165, 1.54) is 13.0 Å². The van der Waals surface area contributed by atoms with Gasteiger partial charge in [-0.2, -0.15) is 0 Å². The molecule has 0 aliphatic heterocycles. The molecule has 0 unspecified atom stereocenters. The first-order valence-corrected chi connectivity index (χ1v) is 5.74. The predicted molar refractivity (Wildman–Crippen MR) is 66.1 cm³/mol. The molecular weight excluding hydrogens is 241 g/mol. The van der Waals surface area contributed by atoms with Crippen molar-refractivity contribution in [1.29, 1.82) is 0 Å². The normalized spacial score (nSPS) is 9.35. The molecule has 0 bridgehead atoms. The second-order valence-electron chi connectivity index (χ2n) is 3.47. The average Bonchev–Trinajstić information content (AvgIpc) is 2.28. The van der Waals surface area contributed by atoms with Crippen molar-refractivity contribution in [3.05, 3.63) is 35.1 Å². The molecule has 90 valence electrons. The third-order valence-corrected chi connectivity index (χ3v) is 2.34. The van der Waals surface area contributed by atoms with Gasteiger partial charge in [-0.15, -0.1) is 11.6 Å². The van der Waals surface area contributed by atoms with Gasteiger partial charge >= 0.3 is 0 Å². The Morgan fingerprint density at radius 1 is 1.53 bits per heavy atom. The molecule has 0 aromatic heterocycles. The molecule has 1 rings (SSSR count). The predicted octanol–water partition coefficient (Wildman–Crippen LogP) is 2.44. The van der Waals surface area contributed by atoms with Crippen LogP contribution in [0.3, 0.4) is 0 Å². The summed E-state index contributed by atoms with van der Waals surface area (Å²) in [4.78, 5) is 10.6. The third-order valence-electron chi connectivity index (χ3n) is 2.05. The molecule has 0 heterocycles. The van der Waals surface area contributed by atoms with Crippen LogP contribution in [0.5, 0.6) is 0 Å². The van der Waals surface area contributed by atoms with Gasteiger partial charge in [0.15, 0.2) is 0 Å². The van der Waals surface area contributed by atoms with Crippen LogP contribution in [0.15, 0.2) is 18.2 Å². The second-order valence-corrected chi connectivity index (χ2v) is 3.74. The van der Waals surface area contributed by atoms with Crippen molar-refractivity contribution in [3.8, 4) is 11.8 Å². The lowest BCUT2D eigenvalue weighted by Gasteiger charge is -1.98. The minimum Gasteiger partial charge on any atom is -0.355 e. The average molecular weight is 254 g/mol. The quantitative estimate of drug-likeness (QED) is 0.500. The molecule has 0 fully saturated rings. The fourth-order valence-corrected chi connectivity index (χ4v) is 1.42. The zero-order valence-corrected chi connectivity index (χ0v) is 10.3. The van der Waals surface area contributed by atoms with Gasteiger partial charge in [-0.05, 0) is 12.1 Å². The Bertz CT molecular complexity index is 462. The lowest BCUT2D eigenvalue weighted by molar-refractivity contribution is -0.118. The van der Waals surface area contributed by atoms with Crippen LogP contribution in [0.2, 0.25) is 0 Å². The molecule has 1 aromatic carbocycles. The molecule has 17 heavy (non-hydrogen) atoms. The molecule has 1 amide bonds. The molecule has 0 spiro atoms. The van der Waals surface area contributed by atoms with Crippen molar-refractivity contribution < 1.29 is 9.18 Å². The Morgan fingerprint density at radius 2 is 2.29 bits per heavy atom. The smallest absolute Gasteiger partial charge is 0.216 e. The zero-order chi connectivity index (χ0) is 12.7. The van der Waals surface area contributed by atoms with Crippen LogP contribution in [0, 0.1) is 17.7 Å². The van der Waals surface area contributed by atoms with Gasteiger partial charge in [0.1, 0.15) is 5.82 Å². The van der Waals surface area contributed by atoms with E-state index in [0.29, 0.717) is 24.1 Å². The van der Waals surface area contributed by atoms with Crippen molar-refractivity contribution in [1.82, 2.24) is 5.32 Å². The summed E-state index contributed by atoms with van der Waals surface area (Å²) in [5.41, 5.74) is 1.08. The molecule has 4 heteroatoms. The van der Waals surface area contributed by atoms with E-state index in [1.54, 1.807) is 12.1 Å². The number of halogens is 2. The first-order chi connectivity index (χ1) is 8.13. The van der Waals surface area contributed by atoms with E-state index in [9.17, 15) is 9.18 Å².